The topological polar surface area (TPSA) is 101 Å². The molecular formula is C19H21N3O4S. The molecule has 2 aromatic rings. The number of hydrogen-bond acceptors (Lipinski definition) is 5. The number of hydrogen-bond donors (Lipinski definition) is 2. The van der Waals surface area contributed by atoms with Crippen molar-refractivity contribution in [2.24, 2.45) is 0 Å². The van der Waals surface area contributed by atoms with E-state index >= 15 is 0 Å². The Morgan fingerprint density at radius 1 is 1.07 bits per heavy atom. The number of para-hydroxylation sites is 1. The van der Waals surface area contributed by atoms with Gasteiger partial charge in [0.2, 0.25) is 5.91 Å². The Labute approximate surface area is 161 Å². The molecule has 0 saturated carbocycles. The first kappa shape index (κ1) is 20.4. The lowest BCUT2D eigenvalue weighted by molar-refractivity contribution is -0.384. The lowest BCUT2D eigenvalue weighted by Gasteiger charge is -2.11. The summed E-state index contributed by atoms with van der Waals surface area (Å²) in [7, 11) is 0. The molecular weight excluding hydrogens is 366 g/mol. The van der Waals surface area contributed by atoms with E-state index in [9.17, 15) is 19.7 Å². The van der Waals surface area contributed by atoms with E-state index < -0.39 is 4.92 Å². The van der Waals surface area contributed by atoms with Gasteiger partial charge in [0, 0.05) is 24.1 Å². The Morgan fingerprint density at radius 2 is 1.78 bits per heavy atom. The highest BCUT2D eigenvalue weighted by Gasteiger charge is 2.12. The maximum Gasteiger partial charge on any atom is 0.269 e. The summed E-state index contributed by atoms with van der Waals surface area (Å²) in [5, 5.41) is 13.5. The second-order valence-electron chi connectivity index (χ2n) is 5.84. The van der Waals surface area contributed by atoms with Crippen molar-refractivity contribution in [2.45, 2.75) is 37.5 Å². The zero-order chi connectivity index (χ0) is 19.6. The number of nitro groups is 1. The van der Waals surface area contributed by atoms with Gasteiger partial charge in [-0.15, -0.1) is 0 Å². The van der Waals surface area contributed by atoms with Crippen molar-refractivity contribution >= 4 is 35.1 Å². The molecule has 0 saturated heterocycles. The third-order valence-electron chi connectivity index (χ3n) is 3.76. The summed E-state index contributed by atoms with van der Waals surface area (Å²) in [6.07, 6.45) is 3.39. The molecule has 0 heterocycles. The number of carbonyl (C=O) groups excluding carboxylic acids is 2. The summed E-state index contributed by atoms with van der Waals surface area (Å²) in [4.78, 5) is 35.1. The van der Waals surface area contributed by atoms with Crippen molar-refractivity contribution in [3.05, 3.63) is 64.2 Å². The third-order valence-corrected chi connectivity index (χ3v) is 4.66. The minimum absolute atomic E-state index is 0.0510. The summed E-state index contributed by atoms with van der Waals surface area (Å²) in [5.74, 6) is -0.433. The molecule has 0 radical (unpaired) electrons. The Morgan fingerprint density at radius 3 is 2.44 bits per heavy atom. The quantitative estimate of drug-likeness (QED) is 0.284. The fourth-order valence-electron chi connectivity index (χ4n) is 2.29. The highest BCUT2D eigenvalue weighted by atomic mass is 32.2. The molecule has 142 valence electrons. The van der Waals surface area contributed by atoms with Gasteiger partial charge >= 0.3 is 0 Å². The van der Waals surface area contributed by atoms with E-state index in [4.69, 9.17) is 0 Å². The smallest absolute Gasteiger partial charge is 0.269 e. The van der Waals surface area contributed by atoms with E-state index in [-0.39, 0.29) is 17.5 Å². The fraction of sp³-hybridized carbons (Fsp3) is 0.263. The van der Waals surface area contributed by atoms with Crippen molar-refractivity contribution in [3.63, 3.8) is 0 Å². The van der Waals surface area contributed by atoms with Gasteiger partial charge in [0.25, 0.3) is 11.6 Å². The molecule has 0 unspecified atom stereocenters. The standard InChI is InChI=1S/C19H21N3O4S/c1-2-3-4-9-18(23)21-27-17-8-6-5-7-16(17)20-19(24)14-10-12-15(13-11-14)22(25)26/h5-8,10-13H,2-4,9H2,1H3,(H,20,24)(H,21,23). The van der Waals surface area contributed by atoms with E-state index in [1.807, 2.05) is 6.07 Å². The molecule has 0 atom stereocenters. The zero-order valence-electron chi connectivity index (χ0n) is 14.9. The molecule has 2 amide bonds. The maximum atomic E-state index is 12.4. The van der Waals surface area contributed by atoms with Crippen LogP contribution in [-0.2, 0) is 4.79 Å². The van der Waals surface area contributed by atoms with Gasteiger partial charge < -0.3 is 5.32 Å². The Kier molecular flexibility index (Phi) is 7.81. The summed E-state index contributed by atoms with van der Waals surface area (Å²) in [6.45, 7) is 2.08. The Balaban J connectivity index is 1.99. The van der Waals surface area contributed by atoms with Crippen LogP contribution in [0.15, 0.2) is 53.4 Å². The summed E-state index contributed by atoms with van der Waals surface area (Å²) < 4.78 is 2.78. The highest BCUT2D eigenvalue weighted by Crippen LogP contribution is 2.25. The number of nitrogens with one attached hydrogen (secondary N) is 2. The van der Waals surface area contributed by atoms with Gasteiger partial charge in [-0.2, -0.15) is 0 Å². The van der Waals surface area contributed by atoms with Crippen molar-refractivity contribution in [3.8, 4) is 0 Å². The minimum Gasteiger partial charge on any atom is -0.321 e. The number of non-ortho nitro benzene ring substituents is 1. The second kappa shape index (κ2) is 10.3. The number of rotatable bonds is 9. The van der Waals surface area contributed by atoms with Gasteiger partial charge in [0.1, 0.15) is 0 Å². The SMILES string of the molecule is CCCCCC(=O)NSc1ccccc1NC(=O)c1ccc([N+](=O)[O-])cc1. The first-order valence-corrected chi connectivity index (χ1v) is 9.43. The predicted octanol–water partition coefficient (Wildman–Crippen LogP) is 4.55. The monoisotopic (exact) mass is 387 g/mol. The van der Waals surface area contributed by atoms with Gasteiger partial charge in [-0.1, -0.05) is 31.9 Å². The van der Waals surface area contributed by atoms with E-state index in [0.29, 0.717) is 22.6 Å². The molecule has 27 heavy (non-hydrogen) atoms. The zero-order valence-corrected chi connectivity index (χ0v) is 15.8. The van der Waals surface area contributed by atoms with Crippen LogP contribution in [0, 0.1) is 10.1 Å². The number of carbonyl (C=O) groups is 2. The van der Waals surface area contributed by atoms with Crippen LogP contribution in [0.1, 0.15) is 43.0 Å². The average Bonchev–Trinajstić information content (AvgIpc) is 2.67. The molecule has 0 aliphatic carbocycles. The molecule has 0 aromatic heterocycles. The molecule has 0 bridgehead atoms. The van der Waals surface area contributed by atoms with Crippen LogP contribution in [0.5, 0.6) is 0 Å². The van der Waals surface area contributed by atoms with Crippen molar-refractivity contribution in [1.29, 1.82) is 0 Å². The molecule has 0 spiro atoms. The first-order chi connectivity index (χ1) is 13.0. The molecule has 0 fully saturated rings. The number of nitrogens with zero attached hydrogens (tertiary/aromatic N) is 1. The van der Waals surface area contributed by atoms with Crippen LogP contribution in [0.4, 0.5) is 11.4 Å². The van der Waals surface area contributed by atoms with Gasteiger partial charge in [-0.3, -0.25) is 24.4 Å². The normalized spacial score (nSPS) is 10.3. The first-order valence-electron chi connectivity index (χ1n) is 8.61. The number of benzene rings is 2. The van der Waals surface area contributed by atoms with Crippen molar-refractivity contribution in [2.75, 3.05) is 5.32 Å². The van der Waals surface area contributed by atoms with Gasteiger partial charge in [0.05, 0.1) is 15.5 Å². The molecule has 2 rings (SSSR count). The molecule has 0 aliphatic heterocycles. The summed E-state index contributed by atoms with van der Waals surface area (Å²) >= 11 is 1.15. The van der Waals surface area contributed by atoms with Crippen LogP contribution in [-0.4, -0.2) is 16.7 Å². The van der Waals surface area contributed by atoms with Gasteiger partial charge in [-0.25, -0.2) is 0 Å². The summed E-state index contributed by atoms with van der Waals surface area (Å²) in [6, 6.07) is 12.5. The predicted molar refractivity (Wildman–Crippen MR) is 106 cm³/mol. The molecule has 7 nitrogen and oxygen atoms in total. The average molecular weight is 387 g/mol. The third kappa shape index (κ3) is 6.41. The molecule has 0 aliphatic rings. The van der Waals surface area contributed by atoms with Crippen LogP contribution in [0.3, 0.4) is 0 Å². The lowest BCUT2D eigenvalue weighted by Crippen LogP contribution is -2.16. The largest absolute Gasteiger partial charge is 0.321 e. The van der Waals surface area contributed by atoms with Crippen LogP contribution >= 0.6 is 11.9 Å². The number of amides is 2. The van der Waals surface area contributed by atoms with Gasteiger partial charge in [-0.05, 0) is 42.6 Å². The second-order valence-corrected chi connectivity index (χ2v) is 6.69. The number of unbranched alkanes of at least 4 members (excludes halogenated alkanes) is 2. The number of anilines is 1. The van der Waals surface area contributed by atoms with E-state index in [1.165, 1.54) is 24.3 Å². The minimum atomic E-state index is -0.517. The lowest BCUT2D eigenvalue weighted by atomic mass is 10.2. The summed E-state index contributed by atoms with van der Waals surface area (Å²) in [5.41, 5.74) is 0.789. The molecule has 2 aromatic carbocycles. The molecule has 2 N–H and O–H groups in total. The van der Waals surface area contributed by atoms with E-state index in [2.05, 4.69) is 17.0 Å². The number of nitro benzene ring substituents is 1. The van der Waals surface area contributed by atoms with Crippen LogP contribution in [0.2, 0.25) is 0 Å². The van der Waals surface area contributed by atoms with Crippen molar-refractivity contribution < 1.29 is 14.5 Å². The Bertz CT molecular complexity index is 809. The van der Waals surface area contributed by atoms with Gasteiger partial charge in [0.15, 0.2) is 0 Å². The fourth-order valence-corrected chi connectivity index (χ4v) is 2.99. The van der Waals surface area contributed by atoms with E-state index in [1.54, 1.807) is 18.2 Å². The van der Waals surface area contributed by atoms with Crippen molar-refractivity contribution in [1.82, 2.24) is 4.72 Å². The van der Waals surface area contributed by atoms with E-state index in [0.717, 1.165) is 31.2 Å². The molecule has 8 heteroatoms. The van der Waals surface area contributed by atoms with Crippen LogP contribution in [0.25, 0.3) is 0 Å². The highest BCUT2D eigenvalue weighted by molar-refractivity contribution is 7.98. The Hall–Kier alpha value is -2.87. The van der Waals surface area contributed by atoms with Crippen LogP contribution < -0.4 is 10.0 Å². The maximum absolute atomic E-state index is 12.4.